The Morgan fingerprint density at radius 3 is 2.91 bits per heavy atom. The maximum absolute atomic E-state index is 12.1. The summed E-state index contributed by atoms with van der Waals surface area (Å²) >= 11 is 1.61. The molecule has 0 spiro atoms. The van der Waals surface area contributed by atoms with Crippen molar-refractivity contribution in [3.8, 4) is 10.4 Å². The summed E-state index contributed by atoms with van der Waals surface area (Å²) in [5.74, 6) is -0.209. The number of nitrogens with zero attached hydrogens (tertiary/aromatic N) is 1. The maximum atomic E-state index is 12.1. The fraction of sp³-hybridized carbons (Fsp3) is 0.375. The van der Waals surface area contributed by atoms with E-state index < -0.39 is 12.1 Å². The molecule has 2 aromatic rings. The number of benzene rings is 1. The third kappa shape index (κ3) is 3.35. The number of nitrogens with one attached hydrogen (secondary N) is 2. The lowest BCUT2D eigenvalue weighted by Gasteiger charge is -2.11. The fourth-order valence-corrected chi connectivity index (χ4v) is 3.32. The molecule has 1 aromatic carbocycles. The third-order valence-electron chi connectivity index (χ3n) is 3.76. The molecule has 1 amide bonds. The summed E-state index contributed by atoms with van der Waals surface area (Å²) in [5.41, 5.74) is 4.98. The highest BCUT2D eigenvalue weighted by Gasteiger charge is 2.27. The normalized spacial score (nSPS) is 22.5. The summed E-state index contributed by atoms with van der Waals surface area (Å²) in [6.45, 7) is 2.63. The maximum Gasteiger partial charge on any atom is 0.237 e. The van der Waals surface area contributed by atoms with E-state index >= 15 is 0 Å². The number of carbonyl (C=O) groups excluding carboxylic acids is 1. The molecule has 116 valence electrons. The first-order chi connectivity index (χ1) is 11.0. The molecule has 5 nitrogen and oxygen atoms in total. The van der Waals surface area contributed by atoms with Crippen LogP contribution in [0.25, 0.3) is 10.4 Å². The van der Waals surface area contributed by atoms with Crippen molar-refractivity contribution in [3.05, 3.63) is 41.0 Å². The second-order valence-corrected chi connectivity index (χ2v) is 6.31. The number of aryl methyl sites for hydroxylation is 1. The molecule has 1 fully saturated rings. The van der Waals surface area contributed by atoms with E-state index in [1.54, 1.807) is 11.3 Å². The Labute approximate surface area is 134 Å². The first-order valence-electron chi connectivity index (χ1n) is 7.70. The molecule has 2 unspecified atom stereocenters. The molecule has 2 heterocycles. The third-order valence-corrected chi connectivity index (χ3v) is 4.74. The second-order valence-electron chi connectivity index (χ2n) is 5.45. The minimum absolute atomic E-state index is 0.209. The minimum Gasteiger partial charge on any atom is -0.392 e. The molecule has 0 bridgehead atoms. The van der Waals surface area contributed by atoms with Crippen LogP contribution in [0.3, 0.4) is 0 Å². The number of β-amino-alcohol motifs (C(OH)–C–C–N with tert-alkyl or cyclic N) is 1. The topological polar surface area (TPSA) is 74.2 Å². The number of hydrogen-bond acceptors (Lipinski definition) is 5. The average molecular weight is 318 g/mol. The Balaban J connectivity index is 1.59. The van der Waals surface area contributed by atoms with Crippen molar-refractivity contribution >= 4 is 17.2 Å². The molecule has 1 aromatic heterocycles. The standard InChI is InChI=1S/C16H19N3O2S/c1-10-15(22-9-19-10)12-4-2-11(3-5-12)7-18-16(21)14-6-13(20)8-17-14/h2-5,9,13-14,17,20H,6-8H2,1H3,(H,18,21)/i/hD. The van der Waals surface area contributed by atoms with Gasteiger partial charge >= 0.3 is 0 Å². The quantitative estimate of drug-likeness (QED) is 0.798. The van der Waals surface area contributed by atoms with Crippen LogP contribution in [0.4, 0.5) is 0 Å². The lowest BCUT2D eigenvalue weighted by atomic mass is 10.1. The van der Waals surface area contributed by atoms with Crippen molar-refractivity contribution in [3.63, 3.8) is 0 Å². The van der Waals surface area contributed by atoms with E-state index in [-0.39, 0.29) is 12.5 Å². The zero-order chi connectivity index (χ0) is 16.4. The van der Waals surface area contributed by atoms with Gasteiger partial charge in [-0.25, -0.2) is 4.98 Å². The van der Waals surface area contributed by atoms with Gasteiger partial charge < -0.3 is 15.7 Å². The van der Waals surface area contributed by atoms with Crippen molar-refractivity contribution in [2.75, 3.05) is 6.54 Å². The molecule has 1 aliphatic rings. The van der Waals surface area contributed by atoms with Gasteiger partial charge in [0.15, 0.2) is 0 Å². The summed E-state index contributed by atoms with van der Waals surface area (Å²) in [6, 6.07) is 7.45. The van der Waals surface area contributed by atoms with E-state index in [1.807, 2.05) is 36.7 Å². The average Bonchev–Trinajstić information content (AvgIpc) is 3.10. The van der Waals surface area contributed by atoms with E-state index in [2.05, 4.69) is 10.3 Å². The van der Waals surface area contributed by atoms with Gasteiger partial charge in [0.05, 0.1) is 28.2 Å². The number of rotatable bonds is 4. The van der Waals surface area contributed by atoms with E-state index in [0.717, 1.165) is 27.0 Å². The van der Waals surface area contributed by atoms with Crippen LogP contribution in [0.15, 0.2) is 29.8 Å². The van der Waals surface area contributed by atoms with E-state index in [1.165, 1.54) is 0 Å². The van der Waals surface area contributed by atoms with Gasteiger partial charge in [-0.3, -0.25) is 4.79 Å². The summed E-state index contributed by atoms with van der Waals surface area (Å²) in [4.78, 5) is 17.5. The molecule has 6 heteroatoms. The number of aromatic nitrogens is 1. The number of amides is 1. The van der Waals surface area contributed by atoms with Gasteiger partial charge in [0.2, 0.25) is 5.91 Å². The van der Waals surface area contributed by atoms with E-state index in [9.17, 15) is 9.90 Å². The van der Waals surface area contributed by atoms with Gasteiger partial charge in [-0.15, -0.1) is 11.3 Å². The highest BCUT2D eigenvalue weighted by Crippen LogP contribution is 2.27. The molecular formula is C16H19N3O2S. The van der Waals surface area contributed by atoms with Gasteiger partial charge in [-0.2, -0.15) is 0 Å². The lowest BCUT2D eigenvalue weighted by molar-refractivity contribution is -0.123. The van der Waals surface area contributed by atoms with Crippen molar-refractivity contribution in [2.45, 2.75) is 32.0 Å². The van der Waals surface area contributed by atoms with Gasteiger partial charge in [0.1, 0.15) is 1.41 Å². The summed E-state index contributed by atoms with van der Waals surface area (Å²) in [7, 11) is 0. The highest BCUT2D eigenvalue weighted by atomic mass is 32.1. The number of carbonyl (C=O) groups is 1. The smallest absolute Gasteiger partial charge is 0.237 e. The van der Waals surface area contributed by atoms with Crippen LogP contribution >= 0.6 is 11.3 Å². The van der Waals surface area contributed by atoms with Crippen molar-refractivity contribution in [1.82, 2.24) is 15.6 Å². The monoisotopic (exact) mass is 318 g/mol. The molecule has 2 atom stereocenters. The number of thiazole rings is 1. The number of aliphatic hydroxyl groups is 1. The fourth-order valence-electron chi connectivity index (χ4n) is 2.51. The predicted molar refractivity (Wildman–Crippen MR) is 86.5 cm³/mol. The molecule has 1 saturated heterocycles. The van der Waals surface area contributed by atoms with Crippen molar-refractivity contribution in [1.29, 1.82) is 0 Å². The molecule has 3 N–H and O–H groups in total. The van der Waals surface area contributed by atoms with Crippen molar-refractivity contribution in [2.24, 2.45) is 0 Å². The molecule has 0 aliphatic carbocycles. The van der Waals surface area contributed by atoms with Gasteiger partial charge in [0.25, 0.3) is 0 Å². The summed E-state index contributed by atoms with van der Waals surface area (Å²) < 4.78 is 7.67. The zero-order valence-electron chi connectivity index (χ0n) is 13.3. The number of aliphatic hydroxyl groups excluding tert-OH is 1. The molecular weight excluding hydrogens is 298 g/mol. The van der Waals surface area contributed by atoms with Crippen LogP contribution in [0, 0.1) is 6.92 Å². The van der Waals surface area contributed by atoms with Gasteiger partial charge in [-0.1, -0.05) is 24.3 Å². The second kappa shape index (κ2) is 6.56. The Morgan fingerprint density at radius 2 is 2.32 bits per heavy atom. The minimum atomic E-state index is -0.592. The van der Waals surface area contributed by atoms with Crippen molar-refractivity contribution < 1.29 is 11.3 Å². The SMILES string of the molecule is [2H]N1CC(O)CC1C(=O)NCc1ccc(-c2scnc2C)cc1. The van der Waals surface area contributed by atoms with Crippen LogP contribution in [0.1, 0.15) is 17.7 Å². The van der Waals surface area contributed by atoms with Gasteiger partial charge in [0, 0.05) is 13.1 Å². The first kappa shape index (κ1) is 13.9. The number of hydrogen-bond donors (Lipinski definition) is 3. The Morgan fingerprint density at radius 1 is 1.55 bits per heavy atom. The van der Waals surface area contributed by atoms with Crippen LogP contribution < -0.4 is 10.6 Å². The van der Waals surface area contributed by atoms with Crippen LogP contribution in [-0.2, 0) is 11.3 Å². The first-order valence-corrected chi connectivity index (χ1v) is 8.13. The largest absolute Gasteiger partial charge is 0.392 e. The Bertz CT molecular complexity index is 689. The molecule has 3 rings (SSSR count). The molecule has 0 radical (unpaired) electrons. The van der Waals surface area contributed by atoms with Crippen LogP contribution in [-0.4, -0.2) is 34.7 Å². The molecule has 1 aliphatic heterocycles. The zero-order valence-corrected chi connectivity index (χ0v) is 13.1. The van der Waals surface area contributed by atoms with Crippen LogP contribution in [0.2, 0.25) is 1.41 Å². The van der Waals surface area contributed by atoms with Gasteiger partial charge in [-0.05, 0) is 24.5 Å². The van der Waals surface area contributed by atoms with E-state index in [4.69, 9.17) is 1.41 Å². The summed E-state index contributed by atoms with van der Waals surface area (Å²) in [6.07, 6.45) is -0.274. The molecule has 22 heavy (non-hydrogen) atoms. The Kier molecular flexibility index (Phi) is 4.14. The van der Waals surface area contributed by atoms with E-state index in [0.29, 0.717) is 13.0 Å². The van der Waals surface area contributed by atoms with Crippen LogP contribution in [0.5, 0.6) is 0 Å². The molecule has 0 saturated carbocycles. The Hall–Kier alpha value is -1.76. The highest BCUT2D eigenvalue weighted by molar-refractivity contribution is 7.13. The lowest BCUT2D eigenvalue weighted by Crippen LogP contribution is -2.39. The summed E-state index contributed by atoms with van der Waals surface area (Å²) in [5, 5.41) is 13.5. The predicted octanol–water partition coefficient (Wildman–Crippen LogP) is 1.46.